The molecule has 1 aliphatic rings. The van der Waals surface area contributed by atoms with Gasteiger partial charge in [-0.3, -0.25) is 4.90 Å². The number of hydrogen-bond acceptors (Lipinski definition) is 4. The number of phenols is 1. The van der Waals surface area contributed by atoms with Gasteiger partial charge in [0.1, 0.15) is 0 Å². The SMILES string of the molecule is CCOc1cccc(CN2CCC(CN)C2)c1O. The van der Waals surface area contributed by atoms with E-state index in [0.717, 1.165) is 38.2 Å². The summed E-state index contributed by atoms with van der Waals surface area (Å²) in [6, 6.07) is 5.68. The second-order valence-electron chi connectivity index (χ2n) is 4.82. The third kappa shape index (κ3) is 2.94. The van der Waals surface area contributed by atoms with E-state index in [-0.39, 0.29) is 5.75 Å². The van der Waals surface area contributed by atoms with Gasteiger partial charge >= 0.3 is 0 Å². The molecular weight excluding hydrogens is 228 g/mol. The molecule has 3 N–H and O–H groups in total. The Morgan fingerprint density at radius 2 is 2.33 bits per heavy atom. The summed E-state index contributed by atoms with van der Waals surface area (Å²) in [5.41, 5.74) is 6.62. The first-order chi connectivity index (χ1) is 8.74. The molecule has 0 amide bonds. The molecule has 1 unspecified atom stereocenters. The number of likely N-dealkylation sites (tertiary alicyclic amines) is 1. The topological polar surface area (TPSA) is 58.7 Å². The van der Waals surface area contributed by atoms with E-state index in [4.69, 9.17) is 10.5 Å². The van der Waals surface area contributed by atoms with Crippen LogP contribution >= 0.6 is 0 Å². The van der Waals surface area contributed by atoms with Crippen molar-refractivity contribution >= 4 is 0 Å². The summed E-state index contributed by atoms with van der Waals surface area (Å²) in [6.45, 7) is 6.08. The lowest BCUT2D eigenvalue weighted by atomic mass is 10.1. The molecule has 1 saturated heterocycles. The summed E-state index contributed by atoms with van der Waals surface area (Å²) in [7, 11) is 0. The Hall–Kier alpha value is -1.26. The summed E-state index contributed by atoms with van der Waals surface area (Å²) in [6.07, 6.45) is 1.16. The summed E-state index contributed by atoms with van der Waals surface area (Å²) < 4.78 is 5.40. The van der Waals surface area contributed by atoms with Gasteiger partial charge in [0.05, 0.1) is 6.61 Å². The van der Waals surface area contributed by atoms with Crippen molar-refractivity contribution in [2.45, 2.75) is 19.9 Å². The zero-order chi connectivity index (χ0) is 13.0. The zero-order valence-corrected chi connectivity index (χ0v) is 10.9. The van der Waals surface area contributed by atoms with E-state index in [2.05, 4.69) is 4.90 Å². The lowest BCUT2D eigenvalue weighted by molar-refractivity contribution is 0.297. The highest BCUT2D eigenvalue weighted by atomic mass is 16.5. The van der Waals surface area contributed by atoms with Crippen molar-refractivity contribution in [1.82, 2.24) is 4.90 Å². The van der Waals surface area contributed by atoms with Crippen LogP contribution in [0.1, 0.15) is 18.9 Å². The van der Waals surface area contributed by atoms with Crippen LogP contribution in [0.2, 0.25) is 0 Å². The summed E-state index contributed by atoms with van der Waals surface area (Å²) in [5, 5.41) is 10.1. The van der Waals surface area contributed by atoms with Crippen molar-refractivity contribution in [1.29, 1.82) is 0 Å². The van der Waals surface area contributed by atoms with Gasteiger partial charge in [0.2, 0.25) is 0 Å². The molecule has 0 bridgehead atoms. The molecule has 0 saturated carbocycles. The molecule has 1 heterocycles. The average Bonchev–Trinajstić information content (AvgIpc) is 2.82. The molecule has 4 nitrogen and oxygen atoms in total. The van der Waals surface area contributed by atoms with Gasteiger partial charge < -0.3 is 15.6 Å². The number of hydrogen-bond donors (Lipinski definition) is 2. The van der Waals surface area contributed by atoms with Crippen LogP contribution in [0.3, 0.4) is 0 Å². The van der Waals surface area contributed by atoms with E-state index < -0.39 is 0 Å². The molecule has 2 rings (SSSR count). The molecular formula is C14H22N2O2. The maximum atomic E-state index is 10.1. The Bertz CT molecular complexity index is 395. The van der Waals surface area contributed by atoms with E-state index in [0.29, 0.717) is 18.3 Å². The largest absolute Gasteiger partial charge is 0.504 e. The molecule has 100 valence electrons. The molecule has 1 atom stereocenters. The van der Waals surface area contributed by atoms with Crippen LogP contribution in [-0.2, 0) is 6.54 Å². The molecule has 4 heteroatoms. The van der Waals surface area contributed by atoms with Crippen molar-refractivity contribution in [2.75, 3.05) is 26.2 Å². The number of benzene rings is 1. The molecule has 1 aromatic rings. The number of rotatable bonds is 5. The van der Waals surface area contributed by atoms with Crippen molar-refractivity contribution < 1.29 is 9.84 Å². The third-order valence-electron chi connectivity index (χ3n) is 3.48. The summed E-state index contributed by atoms with van der Waals surface area (Å²) >= 11 is 0. The minimum atomic E-state index is 0.274. The second kappa shape index (κ2) is 6.07. The van der Waals surface area contributed by atoms with Crippen LogP contribution in [0.25, 0.3) is 0 Å². The van der Waals surface area contributed by atoms with Gasteiger partial charge in [0.15, 0.2) is 11.5 Å². The van der Waals surface area contributed by atoms with Crippen LogP contribution in [0.15, 0.2) is 18.2 Å². The van der Waals surface area contributed by atoms with Crippen molar-refractivity contribution in [3.05, 3.63) is 23.8 Å². The van der Waals surface area contributed by atoms with Gasteiger partial charge in [-0.05, 0) is 38.4 Å². The van der Waals surface area contributed by atoms with Crippen LogP contribution < -0.4 is 10.5 Å². The molecule has 1 aromatic carbocycles. The standard InChI is InChI=1S/C14H22N2O2/c1-2-18-13-5-3-4-12(14(13)17)10-16-7-6-11(8-15)9-16/h3-5,11,17H,2,6-10,15H2,1H3. The quantitative estimate of drug-likeness (QED) is 0.833. The molecule has 0 radical (unpaired) electrons. The first-order valence-electron chi connectivity index (χ1n) is 6.60. The molecule has 0 spiro atoms. The fourth-order valence-corrected chi connectivity index (χ4v) is 2.46. The van der Waals surface area contributed by atoms with Crippen molar-refractivity contribution in [2.24, 2.45) is 11.7 Å². The minimum absolute atomic E-state index is 0.274. The first-order valence-corrected chi connectivity index (χ1v) is 6.60. The Morgan fingerprint density at radius 1 is 1.50 bits per heavy atom. The van der Waals surface area contributed by atoms with Crippen LogP contribution in [0, 0.1) is 5.92 Å². The van der Waals surface area contributed by atoms with E-state index in [1.807, 2.05) is 19.1 Å². The molecule has 1 aliphatic heterocycles. The number of phenolic OH excluding ortho intramolecular Hbond substituents is 1. The second-order valence-corrected chi connectivity index (χ2v) is 4.82. The lowest BCUT2D eigenvalue weighted by Gasteiger charge is -2.17. The maximum Gasteiger partial charge on any atom is 0.162 e. The Labute approximate surface area is 108 Å². The minimum Gasteiger partial charge on any atom is -0.504 e. The van der Waals surface area contributed by atoms with E-state index in [1.54, 1.807) is 6.07 Å². The summed E-state index contributed by atoms with van der Waals surface area (Å²) in [4.78, 5) is 2.34. The zero-order valence-electron chi connectivity index (χ0n) is 10.9. The fourth-order valence-electron chi connectivity index (χ4n) is 2.46. The normalized spacial score (nSPS) is 20.2. The molecule has 18 heavy (non-hydrogen) atoms. The Kier molecular flexibility index (Phi) is 4.44. The van der Waals surface area contributed by atoms with Crippen LogP contribution in [0.4, 0.5) is 0 Å². The number of nitrogens with zero attached hydrogens (tertiary/aromatic N) is 1. The van der Waals surface area contributed by atoms with Crippen LogP contribution in [-0.4, -0.2) is 36.2 Å². The monoisotopic (exact) mass is 250 g/mol. The maximum absolute atomic E-state index is 10.1. The molecule has 0 aromatic heterocycles. The Balaban J connectivity index is 2.03. The fraction of sp³-hybridized carbons (Fsp3) is 0.571. The van der Waals surface area contributed by atoms with E-state index in [1.165, 1.54) is 0 Å². The van der Waals surface area contributed by atoms with Gasteiger partial charge in [0.25, 0.3) is 0 Å². The van der Waals surface area contributed by atoms with Gasteiger partial charge in [-0.2, -0.15) is 0 Å². The third-order valence-corrected chi connectivity index (χ3v) is 3.48. The summed E-state index contributed by atoms with van der Waals surface area (Å²) in [5.74, 6) is 1.45. The highest BCUT2D eigenvalue weighted by molar-refractivity contribution is 5.45. The van der Waals surface area contributed by atoms with Gasteiger partial charge in [-0.15, -0.1) is 0 Å². The number of para-hydroxylation sites is 1. The smallest absolute Gasteiger partial charge is 0.162 e. The van der Waals surface area contributed by atoms with E-state index >= 15 is 0 Å². The Morgan fingerprint density at radius 3 is 3.00 bits per heavy atom. The predicted octanol–water partition coefficient (Wildman–Crippen LogP) is 1.57. The highest BCUT2D eigenvalue weighted by Crippen LogP contribution is 2.31. The highest BCUT2D eigenvalue weighted by Gasteiger charge is 2.22. The number of nitrogens with two attached hydrogens (primary N) is 1. The predicted molar refractivity (Wildman–Crippen MR) is 71.7 cm³/mol. The van der Waals surface area contributed by atoms with Gasteiger partial charge in [0, 0.05) is 18.7 Å². The van der Waals surface area contributed by atoms with Gasteiger partial charge in [-0.25, -0.2) is 0 Å². The van der Waals surface area contributed by atoms with Crippen molar-refractivity contribution in [3.63, 3.8) is 0 Å². The van der Waals surface area contributed by atoms with E-state index in [9.17, 15) is 5.11 Å². The first kappa shape index (κ1) is 13.2. The lowest BCUT2D eigenvalue weighted by Crippen LogP contribution is -2.22. The number of aromatic hydroxyl groups is 1. The molecule has 1 fully saturated rings. The van der Waals surface area contributed by atoms with Gasteiger partial charge in [-0.1, -0.05) is 12.1 Å². The van der Waals surface area contributed by atoms with Crippen LogP contribution in [0.5, 0.6) is 11.5 Å². The van der Waals surface area contributed by atoms with Crippen molar-refractivity contribution in [3.8, 4) is 11.5 Å². The molecule has 0 aliphatic carbocycles. The average molecular weight is 250 g/mol. The number of ether oxygens (including phenoxy) is 1.